The Bertz CT molecular complexity index is 101. The van der Waals surface area contributed by atoms with Crippen LogP contribution in [0.4, 0.5) is 0 Å². The Labute approximate surface area is 55.1 Å². The van der Waals surface area contributed by atoms with Gasteiger partial charge in [-0.25, -0.2) is 0 Å². The second kappa shape index (κ2) is 2.99. The first-order valence-electron chi connectivity index (χ1n) is 3.25. The predicted molar refractivity (Wildman–Crippen MR) is 35.2 cm³/mol. The number of aliphatic hydroxyl groups is 1. The maximum Gasteiger partial charge on any atom is 0.0814 e. The first-order valence-corrected chi connectivity index (χ1v) is 3.25. The van der Waals surface area contributed by atoms with Crippen LogP contribution in [0.25, 0.3) is 0 Å². The SMILES string of the molecule is C=C[C@@H]1CC[C@H](CO)O1. The van der Waals surface area contributed by atoms with Crippen molar-refractivity contribution in [3.63, 3.8) is 0 Å². The maximum absolute atomic E-state index is 8.62. The van der Waals surface area contributed by atoms with Gasteiger partial charge in [0.25, 0.3) is 0 Å². The van der Waals surface area contributed by atoms with Gasteiger partial charge in [0.15, 0.2) is 0 Å². The van der Waals surface area contributed by atoms with Crippen LogP contribution in [0.15, 0.2) is 12.7 Å². The van der Waals surface area contributed by atoms with Crippen molar-refractivity contribution in [3.8, 4) is 0 Å². The van der Waals surface area contributed by atoms with Crippen LogP contribution in [0.3, 0.4) is 0 Å². The minimum absolute atomic E-state index is 0.0630. The largest absolute Gasteiger partial charge is 0.394 e. The van der Waals surface area contributed by atoms with Crippen molar-refractivity contribution in [1.29, 1.82) is 0 Å². The van der Waals surface area contributed by atoms with Gasteiger partial charge in [0.2, 0.25) is 0 Å². The van der Waals surface area contributed by atoms with Crippen molar-refractivity contribution < 1.29 is 9.84 Å². The molecule has 1 rings (SSSR count). The minimum Gasteiger partial charge on any atom is -0.394 e. The Morgan fingerprint density at radius 2 is 2.44 bits per heavy atom. The van der Waals surface area contributed by atoms with Crippen LogP contribution < -0.4 is 0 Å². The number of hydrogen-bond acceptors (Lipinski definition) is 2. The van der Waals surface area contributed by atoms with Gasteiger partial charge < -0.3 is 9.84 Å². The van der Waals surface area contributed by atoms with E-state index in [4.69, 9.17) is 9.84 Å². The summed E-state index contributed by atoms with van der Waals surface area (Å²) in [4.78, 5) is 0. The lowest BCUT2D eigenvalue weighted by Crippen LogP contribution is -2.12. The van der Waals surface area contributed by atoms with E-state index in [0.717, 1.165) is 12.8 Å². The molecule has 1 fully saturated rings. The van der Waals surface area contributed by atoms with E-state index < -0.39 is 0 Å². The first-order chi connectivity index (χ1) is 4.36. The molecule has 0 radical (unpaired) electrons. The van der Waals surface area contributed by atoms with Crippen LogP contribution in [0.1, 0.15) is 12.8 Å². The highest BCUT2D eigenvalue weighted by Gasteiger charge is 2.21. The van der Waals surface area contributed by atoms with Crippen LogP contribution in [0, 0.1) is 0 Å². The lowest BCUT2D eigenvalue weighted by atomic mass is 10.2. The molecule has 1 heterocycles. The van der Waals surface area contributed by atoms with Gasteiger partial charge >= 0.3 is 0 Å². The molecule has 0 aliphatic carbocycles. The molecular formula is C7H12O2. The first kappa shape index (κ1) is 6.78. The van der Waals surface area contributed by atoms with E-state index in [1.807, 2.05) is 0 Å². The zero-order chi connectivity index (χ0) is 6.69. The summed E-state index contributed by atoms with van der Waals surface area (Å²) < 4.78 is 5.29. The van der Waals surface area contributed by atoms with Gasteiger partial charge in [-0.2, -0.15) is 0 Å². The third-order valence-electron chi connectivity index (χ3n) is 1.61. The molecule has 2 nitrogen and oxygen atoms in total. The van der Waals surface area contributed by atoms with Crippen molar-refractivity contribution in [2.24, 2.45) is 0 Å². The van der Waals surface area contributed by atoms with Crippen molar-refractivity contribution in [2.75, 3.05) is 6.61 Å². The second-order valence-electron chi connectivity index (χ2n) is 2.29. The van der Waals surface area contributed by atoms with Crippen LogP contribution in [0.5, 0.6) is 0 Å². The summed E-state index contributed by atoms with van der Waals surface area (Å²) in [6.45, 7) is 3.75. The van der Waals surface area contributed by atoms with Crippen LogP contribution in [-0.4, -0.2) is 23.9 Å². The van der Waals surface area contributed by atoms with Crippen molar-refractivity contribution in [1.82, 2.24) is 0 Å². The molecule has 0 aromatic rings. The molecule has 1 N–H and O–H groups in total. The number of hydrogen-bond donors (Lipinski definition) is 1. The molecule has 1 aliphatic heterocycles. The quantitative estimate of drug-likeness (QED) is 0.555. The normalized spacial score (nSPS) is 34.8. The molecular weight excluding hydrogens is 116 g/mol. The lowest BCUT2D eigenvalue weighted by Gasteiger charge is -2.05. The molecule has 2 heteroatoms. The number of rotatable bonds is 2. The highest BCUT2D eigenvalue weighted by Crippen LogP contribution is 2.19. The summed E-state index contributed by atoms with van der Waals surface area (Å²) in [5.41, 5.74) is 0. The van der Waals surface area contributed by atoms with E-state index in [1.165, 1.54) is 0 Å². The summed E-state index contributed by atoms with van der Waals surface area (Å²) in [5, 5.41) is 8.62. The van der Waals surface area contributed by atoms with Gasteiger partial charge in [-0.05, 0) is 12.8 Å². The monoisotopic (exact) mass is 128 g/mol. The van der Waals surface area contributed by atoms with Crippen LogP contribution in [0.2, 0.25) is 0 Å². The Kier molecular flexibility index (Phi) is 2.25. The highest BCUT2D eigenvalue weighted by atomic mass is 16.5. The molecule has 0 spiro atoms. The fourth-order valence-electron chi connectivity index (χ4n) is 1.04. The van der Waals surface area contributed by atoms with Gasteiger partial charge in [-0.3, -0.25) is 0 Å². The molecule has 52 valence electrons. The molecule has 2 atom stereocenters. The average molecular weight is 128 g/mol. The Morgan fingerprint density at radius 3 is 2.78 bits per heavy atom. The molecule has 0 bridgehead atoms. The van der Waals surface area contributed by atoms with Crippen molar-refractivity contribution in [3.05, 3.63) is 12.7 Å². The summed E-state index contributed by atoms with van der Waals surface area (Å²) in [6.07, 6.45) is 4.01. The number of aliphatic hydroxyl groups excluding tert-OH is 1. The average Bonchev–Trinajstić information content (AvgIpc) is 2.34. The van der Waals surface area contributed by atoms with Gasteiger partial charge in [0.05, 0.1) is 18.8 Å². The minimum atomic E-state index is 0.0630. The fraction of sp³-hybridized carbons (Fsp3) is 0.714. The van der Waals surface area contributed by atoms with E-state index >= 15 is 0 Å². The Balaban J connectivity index is 2.28. The Hall–Kier alpha value is -0.340. The third-order valence-corrected chi connectivity index (χ3v) is 1.61. The summed E-state index contributed by atoms with van der Waals surface area (Å²) >= 11 is 0. The summed E-state index contributed by atoms with van der Waals surface area (Å²) in [6, 6.07) is 0. The molecule has 0 aromatic heterocycles. The van der Waals surface area contributed by atoms with Gasteiger partial charge in [-0.15, -0.1) is 6.58 Å². The molecule has 1 aliphatic rings. The van der Waals surface area contributed by atoms with Gasteiger partial charge in [0, 0.05) is 0 Å². The second-order valence-corrected chi connectivity index (χ2v) is 2.29. The summed E-state index contributed by atoms with van der Waals surface area (Å²) in [5.74, 6) is 0. The van der Waals surface area contributed by atoms with Crippen molar-refractivity contribution in [2.45, 2.75) is 25.0 Å². The van der Waals surface area contributed by atoms with E-state index in [2.05, 4.69) is 6.58 Å². The maximum atomic E-state index is 8.62. The molecule has 0 aromatic carbocycles. The standard InChI is InChI=1S/C7H12O2/c1-2-6-3-4-7(5-8)9-6/h2,6-8H,1,3-5H2/t6-,7-/m1/s1. The fourth-order valence-corrected chi connectivity index (χ4v) is 1.04. The molecule has 9 heavy (non-hydrogen) atoms. The topological polar surface area (TPSA) is 29.5 Å². The van der Waals surface area contributed by atoms with Crippen LogP contribution in [-0.2, 0) is 4.74 Å². The van der Waals surface area contributed by atoms with Gasteiger partial charge in [0.1, 0.15) is 0 Å². The Morgan fingerprint density at radius 1 is 1.67 bits per heavy atom. The lowest BCUT2D eigenvalue weighted by molar-refractivity contribution is 0.0312. The van der Waals surface area contributed by atoms with Crippen LogP contribution >= 0.6 is 0 Å². The zero-order valence-electron chi connectivity index (χ0n) is 5.42. The smallest absolute Gasteiger partial charge is 0.0814 e. The third kappa shape index (κ3) is 1.53. The van der Waals surface area contributed by atoms with Gasteiger partial charge in [-0.1, -0.05) is 6.08 Å². The summed E-state index contributed by atoms with van der Waals surface area (Å²) in [7, 11) is 0. The predicted octanol–water partition coefficient (Wildman–Crippen LogP) is 0.712. The number of ether oxygens (including phenoxy) is 1. The molecule has 0 saturated carbocycles. The molecule has 1 saturated heterocycles. The van der Waals surface area contributed by atoms with E-state index in [-0.39, 0.29) is 18.8 Å². The highest BCUT2D eigenvalue weighted by molar-refractivity contribution is 4.86. The van der Waals surface area contributed by atoms with Crippen molar-refractivity contribution >= 4 is 0 Å². The van der Waals surface area contributed by atoms with E-state index in [9.17, 15) is 0 Å². The van der Waals surface area contributed by atoms with E-state index in [0.29, 0.717) is 0 Å². The zero-order valence-corrected chi connectivity index (χ0v) is 5.42. The molecule has 0 unspecified atom stereocenters. The molecule has 0 amide bonds. The van der Waals surface area contributed by atoms with E-state index in [1.54, 1.807) is 6.08 Å².